The SMILES string of the molecule is COC(=O)Cc1cc(Cl)c2c(c1)CCN(C(=O)OC(C)(C)C)C2. The predicted octanol–water partition coefficient (Wildman–Crippen LogP) is 3.35. The van der Waals surface area contributed by atoms with E-state index in [0.29, 0.717) is 24.5 Å². The fourth-order valence-electron chi connectivity index (χ4n) is 2.50. The highest BCUT2D eigenvalue weighted by Gasteiger charge is 2.27. The number of carbonyl (C=O) groups is 2. The highest BCUT2D eigenvalue weighted by atomic mass is 35.5. The lowest BCUT2D eigenvalue weighted by atomic mass is 9.96. The van der Waals surface area contributed by atoms with Gasteiger partial charge in [0.15, 0.2) is 0 Å². The number of halogens is 1. The third-order valence-corrected chi connectivity index (χ3v) is 3.91. The molecule has 2 rings (SSSR count). The molecule has 0 aromatic heterocycles. The molecule has 1 aromatic rings. The van der Waals surface area contributed by atoms with Crippen LogP contribution in [0.5, 0.6) is 0 Å². The van der Waals surface area contributed by atoms with E-state index in [-0.39, 0.29) is 18.5 Å². The van der Waals surface area contributed by atoms with Gasteiger partial charge in [0.1, 0.15) is 5.60 Å². The number of nitrogens with zero attached hydrogens (tertiary/aromatic N) is 1. The molecule has 1 aliphatic heterocycles. The number of fused-ring (bicyclic) bond motifs is 1. The van der Waals surface area contributed by atoms with Gasteiger partial charge >= 0.3 is 12.1 Å². The Morgan fingerprint density at radius 3 is 2.61 bits per heavy atom. The number of carbonyl (C=O) groups excluding carboxylic acids is 2. The van der Waals surface area contributed by atoms with Crippen molar-refractivity contribution in [1.82, 2.24) is 4.90 Å². The van der Waals surface area contributed by atoms with Crippen LogP contribution in [0.1, 0.15) is 37.5 Å². The van der Waals surface area contributed by atoms with Gasteiger partial charge in [0.05, 0.1) is 20.1 Å². The molecule has 0 unspecified atom stereocenters. The lowest BCUT2D eigenvalue weighted by molar-refractivity contribution is -0.139. The molecule has 1 amide bonds. The molecule has 0 bridgehead atoms. The molecule has 5 nitrogen and oxygen atoms in total. The molecule has 0 radical (unpaired) electrons. The zero-order valence-electron chi connectivity index (χ0n) is 13.9. The first-order chi connectivity index (χ1) is 10.7. The van der Waals surface area contributed by atoms with Crippen LogP contribution in [0.25, 0.3) is 0 Å². The maximum Gasteiger partial charge on any atom is 0.410 e. The number of hydrogen-bond donors (Lipinski definition) is 0. The predicted molar refractivity (Wildman–Crippen MR) is 87.5 cm³/mol. The minimum Gasteiger partial charge on any atom is -0.469 e. The fraction of sp³-hybridized carbons (Fsp3) is 0.529. The lowest BCUT2D eigenvalue weighted by Crippen LogP contribution is -2.40. The van der Waals surface area contributed by atoms with E-state index in [9.17, 15) is 9.59 Å². The normalized spacial score (nSPS) is 14.2. The Morgan fingerprint density at radius 1 is 1.30 bits per heavy atom. The van der Waals surface area contributed by atoms with Gasteiger partial charge in [-0.15, -0.1) is 0 Å². The molecule has 1 aliphatic rings. The van der Waals surface area contributed by atoms with Crippen LogP contribution >= 0.6 is 11.6 Å². The van der Waals surface area contributed by atoms with Crippen LogP contribution in [0.4, 0.5) is 4.79 Å². The van der Waals surface area contributed by atoms with Gasteiger partial charge in [0, 0.05) is 11.6 Å². The third-order valence-electron chi connectivity index (χ3n) is 3.58. The molecule has 1 aromatic carbocycles. The fourth-order valence-corrected chi connectivity index (χ4v) is 2.83. The minimum absolute atomic E-state index is 0.194. The molecule has 1 heterocycles. The maximum absolute atomic E-state index is 12.2. The summed E-state index contributed by atoms with van der Waals surface area (Å²) in [5.74, 6) is -0.299. The second-order valence-electron chi connectivity index (χ2n) is 6.62. The third kappa shape index (κ3) is 4.61. The standard InChI is InChI=1S/C17H22ClNO4/c1-17(2,3)23-16(21)19-6-5-12-7-11(9-15(20)22-4)8-14(18)13(12)10-19/h7-8H,5-6,9-10H2,1-4H3. The van der Waals surface area contributed by atoms with Crippen LogP contribution in [0.2, 0.25) is 5.02 Å². The van der Waals surface area contributed by atoms with Gasteiger partial charge in [-0.25, -0.2) is 4.79 Å². The Labute approximate surface area is 141 Å². The Balaban J connectivity index is 2.15. The van der Waals surface area contributed by atoms with Crippen LogP contribution in [0.15, 0.2) is 12.1 Å². The van der Waals surface area contributed by atoms with Crippen LogP contribution in [-0.4, -0.2) is 36.2 Å². The number of methoxy groups -OCH3 is 1. The number of amides is 1. The van der Waals surface area contributed by atoms with Gasteiger partial charge in [-0.1, -0.05) is 17.7 Å². The topological polar surface area (TPSA) is 55.8 Å². The molecule has 23 heavy (non-hydrogen) atoms. The summed E-state index contributed by atoms with van der Waals surface area (Å²) < 4.78 is 10.1. The molecular weight excluding hydrogens is 318 g/mol. The summed E-state index contributed by atoms with van der Waals surface area (Å²) in [5, 5.41) is 0.565. The van der Waals surface area contributed by atoms with E-state index in [1.54, 1.807) is 11.0 Å². The zero-order chi connectivity index (χ0) is 17.2. The van der Waals surface area contributed by atoms with Crippen LogP contribution in [0, 0.1) is 0 Å². The molecule has 126 valence electrons. The first-order valence-electron chi connectivity index (χ1n) is 7.54. The van der Waals surface area contributed by atoms with Crippen molar-refractivity contribution in [1.29, 1.82) is 0 Å². The maximum atomic E-state index is 12.2. The summed E-state index contributed by atoms with van der Waals surface area (Å²) in [5.41, 5.74) is 2.28. The van der Waals surface area contributed by atoms with Crippen molar-refractivity contribution in [3.05, 3.63) is 33.8 Å². The second-order valence-corrected chi connectivity index (χ2v) is 7.03. The molecular formula is C17H22ClNO4. The van der Waals surface area contributed by atoms with Gasteiger partial charge in [-0.3, -0.25) is 4.79 Å². The molecule has 0 aliphatic carbocycles. The highest BCUT2D eigenvalue weighted by molar-refractivity contribution is 6.31. The smallest absolute Gasteiger partial charge is 0.410 e. The average molecular weight is 340 g/mol. The Morgan fingerprint density at radius 2 is 2.00 bits per heavy atom. The number of esters is 1. The molecule has 6 heteroatoms. The molecule has 0 fully saturated rings. The van der Waals surface area contributed by atoms with Gasteiger partial charge < -0.3 is 14.4 Å². The minimum atomic E-state index is -0.522. The molecule has 0 atom stereocenters. The van der Waals surface area contributed by atoms with Crippen LogP contribution < -0.4 is 0 Å². The Kier molecular flexibility index (Phi) is 5.19. The number of benzene rings is 1. The quantitative estimate of drug-likeness (QED) is 0.775. The summed E-state index contributed by atoms with van der Waals surface area (Å²) in [6, 6.07) is 3.72. The van der Waals surface area contributed by atoms with Crippen molar-refractivity contribution < 1.29 is 19.1 Å². The summed E-state index contributed by atoms with van der Waals surface area (Å²) in [7, 11) is 1.36. The monoisotopic (exact) mass is 339 g/mol. The number of rotatable bonds is 2. The van der Waals surface area contributed by atoms with Crippen molar-refractivity contribution in [3.63, 3.8) is 0 Å². The first kappa shape index (κ1) is 17.6. The largest absolute Gasteiger partial charge is 0.469 e. The summed E-state index contributed by atoms with van der Waals surface area (Å²) in [4.78, 5) is 25.2. The number of hydrogen-bond acceptors (Lipinski definition) is 4. The van der Waals surface area contributed by atoms with E-state index in [2.05, 4.69) is 4.74 Å². The zero-order valence-corrected chi connectivity index (χ0v) is 14.7. The summed E-state index contributed by atoms with van der Waals surface area (Å²) >= 11 is 6.35. The van der Waals surface area contributed by atoms with Gasteiger partial charge in [0.25, 0.3) is 0 Å². The van der Waals surface area contributed by atoms with Crippen LogP contribution in [-0.2, 0) is 33.7 Å². The highest BCUT2D eigenvalue weighted by Crippen LogP contribution is 2.29. The molecule has 0 saturated carbocycles. The summed E-state index contributed by atoms with van der Waals surface area (Å²) in [6.07, 6.45) is 0.542. The number of ether oxygens (including phenoxy) is 2. The lowest BCUT2D eigenvalue weighted by Gasteiger charge is -2.32. The van der Waals surface area contributed by atoms with Crippen molar-refractivity contribution in [2.45, 2.75) is 45.8 Å². The van der Waals surface area contributed by atoms with E-state index in [4.69, 9.17) is 16.3 Å². The summed E-state index contributed by atoms with van der Waals surface area (Å²) in [6.45, 7) is 6.51. The van der Waals surface area contributed by atoms with E-state index >= 15 is 0 Å². The Bertz CT molecular complexity index is 622. The van der Waals surface area contributed by atoms with Gasteiger partial charge in [0.2, 0.25) is 0 Å². The molecule has 0 saturated heterocycles. The van der Waals surface area contributed by atoms with Gasteiger partial charge in [-0.05, 0) is 49.9 Å². The molecule has 0 spiro atoms. The second kappa shape index (κ2) is 6.79. The average Bonchev–Trinajstić information content (AvgIpc) is 2.45. The molecule has 0 N–H and O–H groups in total. The van der Waals surface area contributed by atoms with E-state index in [0.717, 1.165) is 16.7 Å². The van der Waals surface area contributed by atoms with E-state index in [1.807, 2.05) is 26.8 Å². The van der Waals surface area contributed by atoms with E-state index in [1.165, 1.54) is 7.11 Å². The van der Waals surface area contributed by atoms with Crippen LogP contribution in [0.3, 0.4) is 0 Å². The van der Waals surface area contributed by atoms with Crippen molar-refractivity contribution >= 4 is 23.7 Å². The van der Waals surface area contributed by atoms with Gasteiger partial charge in [-0.2, -0.15) is 0 Å². The van der Waals surface area contributed by atoms with Crippen molar-refractivity contribution in [2.24, 2.45) is 0 Å². The Hall–Kier alpha value is -1.75. The van der Waals surface area contributed by atoms with Crippen molar-refractivity contribution in [3.8, 4) is 0 Å². The first-order valence-corrected chi connectivity index (χ1v) is 7.92. The van der Waals surface area contributed by atoms with E-state index < -0.39 is 5.60 Å². The van der Waals surface area contributed by atoms with Crippen molar-refractivity contribution in [2.75, 3.05) is 13.7 Å².